The molecule has 1 aromatic carbocycles. The fourth-order valence-corrected chi connectivity index (χ4v) is 3.30. The Balaban J connectivity index is 2.78. The summed E-state index contributed by atoms with van der Waals surface area (Å²) >= 11 is 0. The summed E-state index contributed by atoms with van der Waals surface area (Å²) in [6.45, 7) is 3.02. The molecule has 3 atom stereocenters. The number of ether oxygens (including phenoxy) is 1. The Morgan fingerprint density at radius 3 is 2.43 bits per heavy atom. The lowest BCUT2D eigenvalue weighted by atomic mass is 10.0. The van der Waals surface area contributed by atoms with Crippen molar-refractivity contribution in [3.63, 3.8) is 0 Å². The van der Waals surface area contributed by atoms with Crippen LogP contribution in [0.15, 0.2) is 18.2 Å². The lowest BCUT2D eigenvalue weighted by molar-refractivity contribution is 0.133. The van der Waals surface area contributed by atoms with Crippen LogP contribution >= 0.6 is 0 Å². The second-order valence-corrected chi connectivity index (χ2v) is 6.65. The van der Waals surface area contributed by atoms with Crippen molar-refractivity contribution in [2.45, 2.75) is 32.1 Å². The second kappa shape index (κ2) is 7.26. The Bertz CT molecular complexity index is 580. The molecule has 0 heterocycles. The molecule has 0 aromatic heterocycles. The molecular formula is C13H19F2NO4S. The van der Waals surface area contributed by atoms with Crippen LogP contribution in [0, 0.1) is 11.6 Å². The van der Waals surface area contributed by atoms with Crippen molar-refractivity contribution in [1.82, 2.24) is 4.72 Å². The number of aliphatic hydroxyl groups is 1. The maximum absolute atomic E-state index is 13.1. The molecule has 0 saturated heterocycles. The van der Waals surface area contributed by atoms with Crippen LogP contribution in [-0.2, 0) is 14.8 Å². The van der Waals surface area contributed by atoms with Gasteiger partial charge in [-0.05, 0) is 31.5 Å². The number of hydrogen-bond acceptors (Lipinski definition) is 4. The van der Waals surface area contributed by atoms with Crippen molar-refractivity contribution < 1.29 is 27.0 Å². The van der Waals surface area contributed by atoms with Gasteiger partial charge in [0, 0.05) is 13.2 Å². The molecule has 0 aliphatic rings. The minimum absolute atomic E-state index is 0.0869. The molecule has 2 N–H and O–H groups in total. The van der Waals surface area contributed by atoms with Crippen molar-refractivity contribution in [1.29, 1.82) is 0 Å². The molecule has 0 bridgehead atoms. The van der Waals surface area contributed by atoms with Crippen LogP contribution < -0.4 is 4.72 Å². The summed E-state index contributed by atoms with van der Waals surface area (Å²) in [6, 6.07) is 2.01. The quantitative estimate of drug-likeness (QED) is 0.794. The van der Waals surface area contributed by atoms with Gasteiger partial charge in [-0.2, -0.15) is 0 Å². The molecule has 0 radical (unpaired) electrons. The number of methoxy groups -OCH3 is 1. The molecule has 0 spiro atoms. The first-order valence-electron chi connectivity index (χ1n) is 6.32. The zero-order valence-electron chi connectivity index (χ0n) is 12.0. The predicted molar refractivity (Wildman–Crippen MR) is 74.2 cm³/mol. The van der Waals surface area contributed by atoms with E-state index in [-0.39, 0.29) is 11.3 Å². The molecule has 0 amide bonds. The normalized spacial score (nSPS) is 16.5. The fourth-order valence-electron chi connectivity index (χ4n) is 1.76. The lowest BCUT2D eigenvalue weighted by Gasteiger charge is -2.21. The maximum atomic E-state index is 13.1. The average molecular weight is 323 g/mol. The number of halogens is 2. The third-order valence-electron chi connectivity index (χ3n) is 2.98. The smallest absolute Gasteiger partial charge is 0.214 e. The number of aliphatic hydroxyl groups excluding tert-OH is 1. The van der Waals surface area contributed by atoms with Crippen LogP contribution in [0.4, 0.5) is 8.78 Å². The van der Waals surface area contributed by atoms with Gasteiger partial charge in [-0.25, -0.2) is 21.9 Å². The number of nitrogens with one attached hydrogen (secondary N) is 1. The van der Waals surface area contributed by atoms with Crippen LogP contribution in [-0.4, -0.2) is 38.5 Å². The summed E-state index contributed by atoms with van der Waals surface area (Å²) in [7, 11) is -2.28. The van der Waals surface area contributed by atoms with E-state index in [2.05, 4.69) is 4.72 Å². The van der Waals surface area contributed by atoms with Crippen LogP contribution in [0.25, 0.3) is 0 Å². The first-order valence-corrected chi connectivity index (χ1v) is 7.97. The lowest BCUT2D eigenvalue weighted by Crippen LogP contribution is -2.40. The zero-order valence-corrected chi connectivity index (χ0v) is 12.8. The van der Waals surface area contributed by atoms with E-state index < -0.39 is 39.9 Å². The van der Waals surface area contributed by atoms with Crippen LogP contribution in [0.3, 0.4) is 0 Å². The highest BCUT2D eigenvalue weighted by molar-refractivity contribution is 7.89. The van der Waals surface area contributed by atoms with Gasteiger partial charge < -0.3 is 9.84 Å². The summed E-state index contributed by atoms with van der Waals surface area (Å²) in [4.78, 5) is 0. The first kappa shape index (κ1) is 18.0. The van der Waals surface area contributed by atoms with E-state index in [1.807, 2.05) is 0 Å². The van der Waals surface area contributed by atoms with Crippen molar-refractivity contribution in [2.24, 2.45) is 0 Å². The van der Waals surface area contributed by atoms with Crippen molar-refractivity contribution in [3.8, 4) is 0 Å². The van der Waals surface area contributed by atoms with Gasteiger partial charge in [0.05, 0.1) is 18.0 Å². The number of rotatable bonds is 7. The highest BCUT2D eigenvalue weighted by atomic mass is 32.2. The standard InChI is InChI=1S/C13H19F2NO4S/c1-8(20-3)7-21(18,19)16-9(2)13(17)10-4-5-11(14)12(15)6-10/h4-6,8-9,13,16-17H,7H2,1-3H3. The number of benzene rings is 1. The highest BCUT2D eigenvalue weighted by Crippen LogP contribution is 2.19. The Morgan fingerprint density at radius 1 is 1.29 bits per heavy atom. The van der Waals surface area contributed by atoms with Crippen molar-refractivity contribution >= 4 is 10.0 Å². The molecule has 1 rings (SSSR count). The number of sulfonamides is 1. The van der Waals surface area contributed by atoms with Gasteiger partial charge >= 0.3 is 0 Å². The van der Waals surface area contributed by atoms with E-state index in [1.165, 1.54) is 20.1 Å². The molecule has 0 aliphatic heterocycles. The van der Waals surface area contributed by atoms with Gasteiger partial charge in [-0.3, -0.25) is 0 Å². The maximum Gasteiger partial charge on any atom is 0.214 e. The molecule has 5 nitrogen and oxygen atoms in total. The minimum Gasteiger partial charge on any atom is -0.387 e. The summed E-state index contributed by atoms with van der Waals surface area (Å²) in [5, 5.41) is 10.0. The Labute approximate surface area is 123 Å². The van der Waals surface area contributed by atoms with Gasteiger partial charge in [0.2, 0.25) is 10.0 Å². The molecule has 0 aliphatic carbocycles. The molecule has 1 aromatic rings. The van der Waals surface area contributed by atoms with Crippen LogP contribution in [0.2, 0.25) is 0 Å². The second-order valence-electron chi connectivity index (χ2n) is 4.85. The van der Waals surface area contributed by atoms with Crippen molar-refractivity contribution in [2.75, 3.05) is 12.9 Å². The van der Waals surface area contributed by atoms with E-state index in [9.17, 15) is 22.3 Å². The monoisotopic (exact) mass is 323 g/mol. The van der Waals surface area contributed by atoms with Gasteiger partial charge in [-0.15, -0.1) is 0 Å². The fraction of sp³-hybridized carbons (Fsp3) is 0.538. The van der Waals surface area contributed by atoms with E-state index >= 15 is 0 Å². The zero-order chi connectivity index (χ0) is 16.2. The topological polar surface area (TPSA) is 75.6 Å². The molecule has 120 valence electrons. The Morgan fingerprint density at radius 2 is 1.90 bits per heavy atom. The third kappa shape index (κ3) is 5.31. The van der Waals surface area contributed by atoms with E-state index in [1.54, 1.807) is 6.92 Å². The summed E-state index contributed by atoms with van der Waals surface area (Å²) in [6.07, 6.45) is -1.80. The predicted octanol–water partition coefficient (Wildman–Crippen LogP) is 1.34. The molecule has 0 fully saturated rings. The molecule has 8 heteroatoms. The first-order chi connectivity index (χ1) is 9.66. The largest absolute Gasteiger partial charge is 0.387 e. The van der Waals surface area contributed by atoms with E-state index in [0.717, 1.165) is 12.1 Å². The van der Waals surface area contributed by atoms with Gasteiger partial charge in [0.25, 0.3) is 0 Å². The molecule has 3 unspecified atom stereocenters. The minimum atomic E-state index is -3.67. The van der Waals surface area contributed by atoms with Gasteiger partial charge in [-0.1, -0.05) is 6.07 Å². The third-order valence-corrected chi connectivity index (χ3v) is 4.62. The van der Waals surface area contributed by atoms with Crippen LogP contribution in [0.5, 0.6) is 0 Å². The SMILES string of the molecule is COC(C)CS(=O)(=O)NC(C)C(O)c1ccc(F)c(F)c1. The van der Waals surface area contributed by atoms with Gasteiger partial charge in [0.15, 0.2) is 11.6 Å². The van der Waals surface area contributed by atoms with Crippen molar-refractivity contribution in [3.05, 3.63) is 35.4 Å². The molecular weight excluding hydrogens is 304 g/mol. The summed E-state index contributed by atoms with van der Waals surface area (Å²) in [5.41, 5.74) is 0.0869. The summed E-state index contributed by atoms with van der Waals surface area (Å²) < 4.78 is 56.8. The van der Waals surface area contributed by atoms with Crippen LogP contribution in [0.1, 0.15) is 25.5 Å². The molecule has 21 heavy (non-hydrogen) atoms. The Hall–Kier alpha value is -1.09. The summed E-state index contributed by atoms with van der Waals surface area (Å²) in [5.74, 6) is -2.40. The van der Waals surface area contributed by atoms with E-state index in [0.29, 0.717) is 0 Å². The van der Waals surface area contributed by atoms with Gasteiger partial charge in [0.1, 0.15) is 0 Å². The number of hydrogen-bond donors (Lipinski definition) is 2. The average Bonchev–Trinajstić information content (AvgIpc) is 2.39. The highest BCUT2D eigenvalue weighted by Gasteiger charge is 2.24. The van der Waals surface area contributed by atoms with E-state index in [4.69, 9.17) is 4.74 Å². The molecule has 0 saturated carbocycles. The Kier molecular flexibility index (Phi) is 6.21.